The third-order valence-electron chi connectivity index (χ3n) is 11.6. The van der Waals surface area contributed by atoms with Gasteiger partial charge in [0.15, 0.2) is 5.78 Å². The van der Waals surface area contributed by atoms with Crippen LogP contribution in [0.1, 0.15) is 93.4 Å². The molecule has 0 spiro atoms. The van der Waals surface area contributed by atoms with Crippen LogP contribution in [0.4, 0.5) is 0 Å². The number of aliphatic carboxylic acids is 1. The van der Waals surface area contributed by atoms with Gasteiger partial charge in [0.05, 0.1) is 29.1 Å². The molecule has 0 aliphatic heterocycles. The van der Waals surface area contributed by atoms with Crippen LogP contribution in [0.5, 0.6) is 0 Å². The molecule has 38 heavy (non-hydrogen) atoms. The van der Waals surface area contributed by atoms with Crippen molar-refractivity contribution in [1.82, 2.24) is 0 Å². The van der Waals surface area contributed by atoms with Crippen LogP contribution in [0, 0.1) is 39.4 Å². The molecular weight excluding hydrogens is 488 g/mol. The normalized spacial score (nSPS) is 42.6. The molecule has 4 aliphatic carbocycles. The van der Waals surface area contributed by atoms with Gasteiger partial charge in [-0.3, -0.25) is 19.2 Å². The highest BCUT2D eigenvalue weighted by molar-refractivity contribution is 6.05. The maximum absolute atomic E-state index is 14.1. The largest absolute Gasteiger partial charge is 0.481 e. The van der Waals surface area contributed by atoms with Gasteiger partial charge in [-0.05, 0) is 60.8 Å². The molecule has 0 bridgehead atoms. The van der Waals surface area contributed by atoms with E-state index in [1.807, 2.05) is 27.7 Å². The Bertz CT molecular complexity index is 1120. The van der Waals surface area contributed by atoms with E-state index in [0.717, 1.165) is 0 Å². The lowest BCUT2D eigenvalue weighted by molar-refractivity contribution is -0.148. The molecule has 8 nitrogen and oxygen atoms in total. The molecule has 9 atom stereocenters. The predicted molar refractivity (Wildman–Crippen MR) is 139 cm³/mol. The Morgan fingerprint density at radius 2 is 1.71 bits per heavy atom. The molecular formula is C30H44O8. The van der Waals surface area contributed by atoms with Gasteiger partial charge in [0.2, 0.25) is 0 Å². The number of rotatable bonds is 6. The van der Waals surface area contributed by atoms with E-state index >= 15 is 0 Å². The molecule has 0 radical (unpaired) electrons. The van der Waals surface area contributed by atoms with Crippen molar-refractivity contribution in [3.05, 3.63) is 11.1 Å². The molecule has 0 amide bonds. The summed E-state index contributed by atoms with van der Waals surface area (Å²) in [7, 11) is 0. The van der Waals surface area contributed by atoms with E-state index in [2.05, 4.69) is 0 Å². The number of ketones is 3. The summed E-state index contributed by atoms with van der Waals surface area (Å²) in [5.74, 6) is -3.56. The van der Waals surface area contributed by atoms with Crippen molar-refractivity contribution in [2.24, 2.45) is 39.4 Å². The van der Waals surface area contributed by atoms with Crippen LogP contribution in [0.2, 0.25) is 0 Å². The average Bonchev–Trinajstić information content (AvgIpc) is 2.99. The van der Waals surface area contributed by atoms with Crippen LogP contribution in [-0.4, -0.2) is 61.6 Å². The molecule has 0 saturated heterocycles. The van der Waals surface area contributed by atoms with Gasteiger partial charge in [0.25, 0.3) is 0 Å². The fourth-order valence-electron chi connectivity index (χ4n) is 9.16. The van der Waals surface area contributed by atoms with E-state index in [4.69, 9.17) is 0 Å². The van der Waals surface area contributed by atoms with Crippen molar-refractivity contribution in [1.29, 1.82) is 0 Å². The number of allylic oxidation sites excluding steroid dienone is 1. The van der Waals surface area contributed by atoms with E-state index in [0.29, 0.717) is 30.4 Å². The molecule has 4 rings (SSSR count). The molecule has 8 heteroatoms. The number of Topliss-reactive ketones (excluding diaryl/α,β-unsaturated/α-hetero) is 3. The quantitative estimate of drug-likeness (QED) is 0.407. The van der Waals surface area contributed by atoms with E-state index in [1.54, 1.807) is 6.92 Å². The van der Waals surface area contributed by atoms with E-state index in [9.17, 15) is 39.6 Å². The number of hydrogen-bond acceptors (Lipinski definition) is 7. The molecule has 4 aliphatic rings. The number of fused-ring (bicyclic) bond motifs is 4. The summed E-state index contributed by atoms with van der Waals surface area (Å²) in [5, 5.41) is 43.2. The second kappa shape index (κ2) is 8.80. The number of carbonyl (C=O) groups is 4. The minimum Gasteiger partial charge on any atom is -0.481 e. The Balaban J connectivity index is 1.78. The summed E-state index contributed by atoms with van der Waals surface area (Å²) in [6, 6.07) is 0. The van der Waals surface area contributed by atoms with Crippen molar-refractivity contribution in [3.63, 3.8) is 0 Å². The predicted octanol–water partition coefficient (Wildman–Crippen LogP) is 3.25. The monoisotopic (exact) mass is 532 g/mol. The minimum atomic E-state index is -1.64. The van der Waals surface area contributed by atoms with Crippen molar-refractivity contribution in [2.75, 3.05) is 0 Å². The maximum atomic E-state index is 14.1. The van der Waals surface area contributed by atoms with Gasteiger partial charge in [0.1, 0.15) is 11.6 Å². The van der Waals surface area contributed by atoms with Gasteiger partial charge in [-0.25, -0.2) is 0 Å². The van der Waals surface area contributed by atoms with Crippen molar-refractivity contribution in [2.45, 2.75) is 111 Å². The van der Waals surface area contributed by atoms with E-state index < -0.39 is 63.1 Å². The van der Waals surface area contributed by atoms with Gasteiger partial charge in [-0.1, -0.05) is 34.6 Å². The number of hydrogen-bond donors (Lipinski definition) is 4. The fraction of sp³-hybridized carbons (Fsp3) is 0.800. The zero-order chi connectivity index (χ0) is 28.8. The Hall–Kier alpha value is -1.90. The first-order chi connectivity index (χ1) is 17.2. The number of aliphatic hydroxyl groups is 3. The van der Waals surface area contributed by atoms with Crippen molar-refractivity contribution in [3.8, 4) is 0 Å². The smallest absolute Gasteiger partial charge is 0.306 e. The van der Waals surface area contributed by atoms with Gasteiger partial charge >= 0.3 is 5.97 Å². The molecule has 0 heterocycles. The molecule has 0 aromatic carbocycles. The van der Waals surface area contributed by atoms with Gasteiger partial charge < -0.3 is 20.4 Å². The Kier molecular flexibility index (Phi) is 6.74. The lowest BCUT2D eigenvalue weighted by atomic mass is 9.42. The molecule has 2 saturated carbocycles. The van der Waals surface area contributed by atoms with Crippen LogP contribution in [0.25, 0.3) is 0 Å². The Morgan fingerprint density at radius 3 is 2.29 bits per heavy atom. The highest BCUT2D eigenvalue weighted by Gasteiger charge is 2.71. The molecule has 2 fully saturated rings. The number of carboxylic acids is 1. The molecule has 0 aromatic heterocycles. The summed E-state index contributed by atoms with van der Waals surface area (Å²) >= 11 is 0. The first-order valence-corrected chi connectivity index (χ1v) is 13.9. The van der Waals surface area contributed by atoms with Crippen LogP contribution >= 0.6 is 0 Å². The van der Waals surface area contributed by atoms with E-state index in [-0.39, 0.29) is 43.2 Å². The first kappa shape index (κ1) is 29.1. The van der Waals surface area contributed by atoms with Crippen molar-refractivity contribution >= 4 is 23.3 Å². The zero-order valence-electron chi connectivity index (χ0n) is 23.8. The second-order valence-electron chi connectivity index (χ2n) is 14.2. The SMILES string of the molecule is CC(CC(=O)CC(C)(O)C1CC(=O)C2(C)C3=C(C(=O)CC12C)C1(C)CCC(O)C(C)(C)C1CC3O)C(=O)O. The fourth-order valence-corrected chi connectivity index (χ4v) is 9.16. The van der Waals surface area contributed by atoms with Crippen LogP contribution in [0.15, 0.2) is 11.1 Å². The average molecular weight is 533 g/mol. The third kappa shape index (κ3) is 3.80. The minimum absolute atomic E-state index is 0.00657. The van der Waals surface area contributed by atoms with Crippen molar-refractivity contribution < 1.29 is 39.6 Å². The summed E-state index contributed by atoms with van der Waals surface area (Å²) in [6.45, 7) is 12.5. The Morgan fingerprint density at radius 1 is 1.11 bits per heavy atom. The summed E-state index contributed by atoms with van der Waals surface area (Å²) in [6.07, 6.45) is -0.727. The topological polar surface area (TPSA) is 149 Å². The summed E-state index contributed by atoms with van der Waals surface area (Å²) in [4.78, 5) is 52.0. The Labute approximate surface area is 224 Å². The third-order valence-corrected chi connectivity index (χ3v) is 11.6. The first-order valence-electron chi connectivity index (χ1n) is 13.9. The second-order valence-corrected chi connectivity index (χ2v) is 14.2. The lowest BCUT2D eigenvalue weighted by Gasteiger charge is -2.62. The van der Waals surface area contributed by atoms with Gasteiger partial charge in [-0.15, -0.1) is 0 Å². The van der Waals surface area contributed by atoms with Crippen LogP contribution < -0.4 is 0 Å². The van der Waals surface area contributed by atoms with Gasteiger partial charge in [0, 0.05) is 37.2 Å². The zero-order valence-corrected chi connectivity index (χ0v) is 23.8. The van der Waals surface area contributed by atoms with E-state index in [1.165, 1.54) is 13.8 Å². The standard InChI is InChI=1S/C30H44O8/c1-15(25(36)37)10-16(31)13-29(6,38)20-12-22(35)30(7)24-17(32)11-19-26(2,3)21(34)8-9-27(19,4)23(24)18(33)14-28(20,30)5/h15,17,19-21,32,34,38H,8-14H2,1-7H3,(H,36,37). The summed E-state index contributed by atoms with van der Waals surface area (Å²) in [5.41, 5.74) is -3.99. The van der Waals surface area contributed by atoms with Crippen LogP contribution in [-0.2, 0) is 19.2 Å². The maximum Gasteiger partial charge on any atom is 0.306 e. The molecule has 9 unspecified atom stereocenters. The number of carbonyl (C=O) groups excluding carboxylic acids is 3. The highest BCUT2D eigenvalue weighted by atomic mass is 16.4. The number of carboxylic acid groups (broad SMARTS) is 1. The van der Waals surface area contributed by atoms with Gasteiger partial charge in [-0.2, -0.15) is 0 Å². The molecule has 0 aromatic rings. The van der Waals surface area contributed by atoms with Crippen LogP contribution in [0.3, 0.4) is 0 Å². The summed E-state index contributed by atoms with van der Waals surface area (Å²) < 4.78 is 0. The highest BCUT2D eigenvalue weighted by Crippen LogP contribution is 2.71. The molecule has 212 valence electrons. The lowest BCUT2D eigenvalue weighted by Crippen LogP contribution is -2.61. The molecule has 4 N–H and O–H groups in total. The number of aliphatic hydroxyl groups excluding tert-OH is 2.